The second-order valence-corrected chi connectivity index (χ2v) is 6.28. The van der Waals surface area contributed by atoms with Gasteiger partial charge in [0.1, 0.15) is 0 Å². The first-order chi connectivity index (χ1) is 13.2. The Morgan fingerprint density at radius 1 is 0.667 bits per heavy atom. The Hall–Kier alpha value is 0.660. The second-order valence-electron chi connectivity index (χ2n) is 6.28. The molecule has 0 aliphatic carbocycles. The van der Waals surface area contributed by atoms with E-state index in [-0.39, 0.29) is 59.1 Å². The smallest absolute Gasteiger partial charge is 0.565 e. The van der Waals surface area contributed by atoms with Crippen LogP contribution in [-0.4, -0.2) is 66.3 Å². The molecule has 172 valence electrons. The maximum atomic E-state index is 8.89. The van der Waals surface area contributed by atoms with Gasteiger partial charge in [0.25, 0.3) is 0 Å². The van der Waals surface area contributed by atoms with Gasteiger partial charge in [0.2, 0.25) is 6.16 Å². The van der Waals surface area contributed by atoms with Gasteiger partial charge in [0.05, 0.1) is 0 Å². The zero-order valence-electron chi connectivity index (χ0n) is 21.5. The fourth-order valence-corrected chi connectivity index (χ4v) is 2.15. The summed E-state index contributed by atoms with van der Waals surface area (Å²) in [4.78, 5) is 22.3. The van der Waals surface area contributed by atoms with Crippen LogP contribution in [0.1, 0.15) is 87.0 Å². The zero-order valence-corrected chi connectivity index (χ0v) is 25.5. The number of hydrogen-bond donors (Lipinski definition) is 1. The maximum Gasteiger partial charge on any atom is 1.00 e. The number of unbranched alkanes of at least 4 members (excludes halogenated alkanes) is 3. The largest absolute Gasteiger partial charge is 1.00 e. The Labute approximate surface area is 230 Å². The molecule has 7 nitrogen and oxygen atoms in total. The number of hydrogen-bond acceptors (Lipinski definition) is 6. The van der Waals surface area contributed by atoms with Crippen LogP contribution >= 0.6 is 0 Å². The van der Waals surface area contributed by atoms with Crippen LogP contribution in [0.4, 0.5) is 4.79 Å². The van der Waals surface area contributed by atoms with Crippen LogP contribution in [0.2, 0.25) is 0 Å². The van der Waals surface area contributed by atoms with Gasteiger partial charge in [-0.25, -0.2) is 0 Å². The van der Waals surface area contributed by atoms with Crippen molar-refractivity contribution in [2.24, 2.45) is 0 Å². The normalized spacial score (nSPS) is 8.83. The third-order valence-electron chi connectivity index (χ3n) is 3.83. The Kier molecular flexibility index (Phi) is 59.2. The summed E-state index contributed by atoms with van der Waals surface area (Å²) in [5.41, 5.74) is 0. The first-order valence-corrected chi connectivity index (χ1v) is 10.7. The molecule has 0 aromatic heterocycles. The van der Waals surface area contributed by atoms with Crippen LogP contribution in [0.3, 0.4) is 0 Å². The summed E-state index contributed by atoms with van der Waals surface area (Å²) < 4.78 is 0. The quantitative estimate of drug-likeness (QED) is 0.309. The summed E-state index contributed by atoms with van der Waals surface area (Å²) in [5.74, 6) is -1.08. The Balaban J connectivity index is -0.0000000719. The van der Waals surface area contributed by atoms with E-state index >= 15 is 0 Å². The van der Waals surface area contributed by atoms with Crippen molar-refractivity contribution in [3.63, 3.8) is 0 Å². The third-order valence-corrected chi connectivity index (χ3v) is 3.83. The number of carbonyl (C=O) groups is 2. The molecule has 0 saturated carbocycles. The van der Waals surface area contributed by atoms with Crippen molar-refractivity contribution in [2.75, 3.05) is 39.3 Å². The van der Waals surface area contributed by atoms with Crippen molar-refractivity contribution in [2.45, 2.75) is 87.0 Å². The predicted molar refractivity (Wildman–Crippen MR) is 113 cm³/mol. The molecule has 0 spiro atoms. The van der Waals surface area contributed by atoms with Crippen molar-refractivity contribution < 1.29 is 84.0 Å². The van der Waals surface area contributed by atoms with E-state index < -0.39 is 12.1 Å². The zero-order chi connectivity index (χ0) is 22.8. The van der Waals surface area contributed by atoms with Gasteiger partial charge in [-0.05, 0) is 65.5 Å². The van der Waals surface area contributed by atoms with E-state index in [0.717, 1.165) is 6.92 Å². The van der Waals surface area contributed by atoms with Gasteiger partial charge in [-0.1, -0.05) is 60.8 Å². The summed E-state index contributed by atoms with van der Waals surface area (Å²) in [6.45, 7) is 21.9. The molecule has 0 aliphatic rings. The van der Waals surface area contributed by atoms with E-state index in [0.29, 0.717) is 0 Å². The molecule has 0 aliphatic heterocycles. The Morgan fingerprint density at radius 3 is 0.967 bits per heavy atom. The number of carboxylic acid groups (broad SMARTS) is 3. The minimum Gasteiger partial charge on any atom is -0.565 e. The number of carboxylic acids is 1. The van der Waals surface area contributed by atoms with Crippen LogP contribution in [0, 0.1) is 0 Å². The van der Waals surface area contributed by atoms with Crippen molar-refractivity contribution in [1.82, 2.24) is 9.80 Å². The molecule has 0 saturated heterocycles. The number of nitrogens with zero attached hydrogens (tertiary/aromatic N) is 2. The minimum absolute atomic E-state index is 0. The molecule has 0 unspecified atom stereocenters. The first-order valence-electron chi connectivity index (χ1n) is 10.7. The monoisotopic (exact) mass is 452 g/mol. The van der Waals surface area contributed by atoms with Crippen LogP contribution < -0.4 is 69.3 Å². The molecule has 0 atom stereocenters. The summed E-state index contributed by atoms with van der Waals surface area (Å²) in [5, 5.41) is 24.2. The molecule has 30 heavy (non-hydrogen) atoms. The second kappa shape index (κ2) is 40.1. The summed E-state index contributed by atoms with van der Waals surface area (Å²) in [7, 11) is 0. The Morgan fingerprint density at radius 2 is 0.867 bits per heavy atom. The summed E-state index contributed by atoms with van der Waals surface area (Å²) in [6.07, 6.45) is 6.01. The number of carbonyl (C=O) groups excluding carboxylic acids is 1. The molecule has 0 rings (SSSR count). The molecule has 0 fully saturated rings. The Bertz CT molecular complexity index is 277. The van der Waals surface area contributed by atoms with Gasteiger partial charge in [-0.2, -0.15) is 0 Å². The molecule has 0 aromatic carbocycles. The van der Waals surface area contributed by atoms with Crippen LogP contribution in [0.25, 0.3) is 0 Å². The van der Waals surface area contributed by atoms with Crippen molar-refractivity contribution in [1.29, 1.82) is 0 Å². The van der Waals surface area contributed by atoms with Crippen LogP contribution in [-0.2, 0) is 4.79 Å². The molecule has 0 heterocycles. The SMILES string of the molecule is CC(=O)[O-].CCCCN(CCCC)CCCC.CCN(CC)CC.O=C([O-])O.[Na+].[Na+]. The molecule has 0 aromatic rings. The average Bonchev–Trinajstić information content (AvgIpc) is 2.62. The predicted octanol–water partition coefficient (Wildman–Crippen LogP) is -3.31. The molecular weight excluding hydrogens is 406 g/mol. The number of aliphatic carboxylic acids is 1. The van der Waals surface area contributed by atoms with Crippen molar-refractivity contribution in [3.8, 4) is 0 Å². The van der Waals surface area contributed by atoms with Gasteiger partial charge in [-0.3, -0.25) is 0 Å². The first kappa shape index (κ1) is 44.4. The molecule has 0 bridgehead atoms. The van der Waals surface area contributed by atoms with Gasteiger partial charge < -0.3 is 34.7 Å². The van der Waals surface area contributed by atoms with Gasteiger partial charge >= 0.3 is 59.1 Å². The minimum atomic E-state index is -2.08. The van der Waals surface area contributed by atoms with Crippen LogP contribution in [0.5, 0.6) is 0 Å². The molecule has 9 heteroatoms. The van der Waals surface area contributed by atoms with Crippen molar-refractivity contribution in [3.05, 3.63) is 0 Å². The van der Waals surface area contributed by atoms with E-state index in [1.54, 1.807) is 0 Å². The number of rotatable bonds is 12. The van der Waals surface area contributed by atoms with Gasteiger partial charge in [0.15, 0.2) is 0 Å². The van der Waals surface area contributed by atoms with E-state index in [2.05, 4.69) is 51.3 Å². The standard InChI is InChI=1S/C12H27N.C6H15N.C2H4O2.CH2O3.2Na/c1-4-7-10-13(11-8-5-2)12-9-6-3;1-4-7(5-2)6-3;1-2(3)4;2-1(3)4;;/h4-12H2,1-3H3;4-6H2,1-3H3;1H3,(H,3,4);(H2,2,3,4);;/q;;;;2*+1/p-2. The fourth-order valence-electron chi connectivity index (χ4n) is 2.15. The summed E-state index contributed by atoms with van der Waals surface area (Å²) >= 11 is 0. The topological polar surface area (TPSA) is 107 Å². The molecule has 1 N–H and O–H groups in total. The van der Waals surface area contributed by atoms with Crippen LogP contribution in [0.15, 0.2) is 0 Å². The molecule has 0 amide bonds. The third kappa shape index (κ3) is 63.0. The van der Waals surface area contributed by atoms with E-state index in [4.69, 9.17) is 24.9 Å². The van der Waals surface area contributed by atoms with Crippen molar-refractivity contribution >= 4 is 12.1 Å². The fraction of sp³-hybridized carbons (Fsp3) is 0.905. The van der Waals surface area contributed by atoms with E-state index in [9.17, 15) is 0 Å². The van der Waals surface area contributed by atoms with Gasteiger partial charge in [0, 0.05) is 5.97 Å². The maximum absolute atomic E-state index is 8.89. The molecule has 0 radical (unpaired) electrons. The van der Waals surface area contributed by atoms with E-state index in [1.807, 2.05) is 0 Å². The molecular formula is C21H46N2Na2O5. The average molecular weight is 453 g/mol. The summed E-state index contributed by atoms with van der Waals surface area (Å²) in [6, 6.07) is 0. The van der Waals surface area contributed by atoms with Gasteiger partial charge in [-0.15, -0.1) is 0 Å². The van der Waals surface area contributed by atoms with E-state index in [1.165, 1.54) is 77.8 Å².